The molecule has 2 nitrogen and oxygen atoms in total. The van der Waals surface area contributed by atoms with E-state index in [4.69, 9.17) is 4.74 Å². The van der Waals surface area contributed by atoms with Crippen molar-refractivity contribution in [3.63, 3.8) is 0 Å². The van der Waals surface area contributed by atoms with Crippen molar-refractivity contribution in [2.24, 2.45) is 5.92 Å². The smallest absolute Gasteiger partial charge is 0.163 e. The molecule has 1 heterocycles. The average Bonchev–Trinajstić information content (AvgIpc) is 2.88. The number of benzene rings is 1. The minimum absolute atomic E-state index is 0.112. The highest BCUT2D eigenvalue weighted by molar-refractivity contribution is 5.28. The van der Waals surface area contributed by atoms with Gasteiger partial charge in [0.1, 0.15) is 0 Å². The Morgan fingerprint density at radius 2 is 2.11 bits per heavy atom. The molecule has 0 radical (unpaired) electrons. The van der Waals surface area contributed by atoms with Gasteiger partial charge in [0.05, 0.1) is 6.10 Å². The van der Waals surface area contributed by atoms with Gasteiger partial charge in [-0.2, -0.15) is 0 Å². The number of nitrogens with one attached hydrogen (secondary N) is 1. The molecule has 1 aliphatic rings. The Morgan fingerprint density at radius 1 is 1.37 bits per heavy atom. The van der Waals surface area contributed by atoms with Gasteiger partial charge in [-0.15, -0.1) is 0 Å². The normalized spacial score (nSPS) is 24.7. The first-order valence-electron chi connectivity index (χ1n) is 6.83. The summed E-state index contributed by atoms with van der Waals surface area (Å²) in [5.41, 5.74) is 0.741. The molecule has 2 rings (SSSR count). The monoisotopic (exact) mass is 269 g/mol. The number of hydrogen-bond acceptors (Lipinski definition) is 2. The van der Waals surface area contributed by atoms with Gasteiger partial charge in [-0.05, 0) is 32.4 Å². The van der Waals surface area contributed by atoms with E-state index in [1.54, 1.807) is 26.1 Å². The van der Waals surface area contributed by atoms with Crippen LogP contribution in [0.5, 0.6) is 0 Å². The molecular weight excluding hydrogens is 248 g/mol. The minimum Gasteiger partial charge on any atom is -0.378 e. The van der Waals surface area contributed by atoms with Gasteiger partial charge in [0, 0.05) is 24.1 Å². The molecule has 0 saturated carbocycles. The number of halogens is 2. The quantitative estimate of drug-likeness (QED) is 0.905. The van der Waals surface area contributed by atoms with Gasteiger partial charge in [-0.25, -0.2) is 8.78 Å². The van der Waals surface area contributed by atoms with E-state index in [9.17, 15) is 8.78 Å². The molecule has 1 aromatic carbocycles. The fraction of sp³-hybridized carbons (Fsp3) is 0.600. The van der Waals surface area contributed by atoms with Gasteiger partial charge in [-0.1, -0.05) is 19.1 Å². The van der Waals surface area contributed by atoms with Crippen molar-refractivity contribution >= 4 is 0 Å². The van der Waals surface area contributed by atoms with Crippen LogP contribution >= 0.6 is 0 Å². The van der Waals surface area contributed by atoms with Crippen molar-refractivity contribution in [1.82, 2.24) is 5.32 Å². The zero-order chi connectivity index (χ0) is 14.0. The van der Waals surface area contributed by atoms with Crippen molar-refractivity contribution in [2.75, 3.05) is 13.7 Å². The van der Waals surface area contributed by atoms with Crippen molar-refractivity contribution in [3.05, 3.63) is 34.9 Å². The van der Waals surface area contributed by atoms with E-state index in [1.807, 2.05) is 0 Å². The van der Waals surface area contributed by atoms with Crippen molar-refractivity contribution in [1.29, 1.82) is 0 Å². The Bertz CT molecular complexity index is 450. The maximum absolute atomic E-state index is 14.1. The van der Waals surface area contributed by atoms with Gasteiger partial charge < -0.3 is 10.1 Å². The first kappa shape index (κ1) is 14.4. The molecule has 19 heavy (non-hydrogen) atoms. The lowest BCUT2D eigenvalue weighted by Gasteiger charge is -2.27. The Hall–Kier alpha value is -1.00. The molecule has 3 unspecified atom stereocenters. The van der Waals surface area contributed by atoms with Crippen LogP contribution in [0.15, 0.2) is 12.1 Å². The standard InChI is InChI=1S/C15H21F2NO/c1-4-12-10(7-8-19-12)15(18-3)11-6-5-9(2)13(16)14(11)17/h5-6,10,12,15,18H,4,7-8H2,1-3H3. The highest BCUT2D eigenvalue weighted by Crippen LogP contribution is 2.36. The largest absolute Gasteiger partial charge is 0.378 e. The minimum atomic E-state index is -0.746. The fourth-order valence-electron chi connectivity index (χ4n) is 2.97. The number of rotatable bonds is 4. The molecule has 3 atom stereocenters. The van der Waals surface area contributed by atoms with Crippen LogP contribution in [-0.4, -0.2) is 19.8 Å². The molecule has 106 valence electrons. The summed E-state index contributed by atoms with van der Waals surface area (Å²) in [5, 5.41) is 3.13. The summed E-state index contributed by atoms with van der Waals surface area (Å²) >= 11 is 0. The van der Waals surface area contributed by atoms with Crippen LogP contribution in [-0.2, 0) is 4.74 Å². The van der Waals surface area contributed by atoms with E-state index < -0.39 is 11.6 Å². The van der Waals surface area contributed by atoms with Crippen LogP contribution in [0.1, 0.15) is 36.9 Å². The molecule has 1 N–H and O–H groups in total. The SMILES string of the molecule is CCC1OCCC1C(NC)c1ccc(C)c(F)c1F. The molecule has 1 aliphatic heterocycles. The van der Waals surface area contributed by atoms with Gasteiger partial charge in [0.15, 0.2) is 11.6 Å². The maximum atomic E-state index is 14.1. The summed E-state index contributed by atoms with van der Waals surface area (Å²) in [6, 6.07) is 3.11. The zero-order valence-electron chi connectivity index (χ0n) is 11.7. The van der Waals surface area contributed by atoms with E-state index in [-0.39, 0.29) is 18.1 Å². The van der Waals surface area contributed by atoms with E-state index in [0.29, 0.717) is 17.7 Å². The average molecular weight is 269 g/mol. The number of aryl methyl sites for hydroxylation is 1. The van der Waals surface area contributed by atoms with E-state index >= 15 is 0 Å². The number of hydrogen-bond donors (Lipinski definition) is 1. The molecule has 1 aromatic rings. The first-order chi connectivity index (χ1) is 9.10. The predicted octanol–water partition coefficient (Wildman–Crippen LogP) is 3.35. The Kier molecular flexibility index (Phi) is 4.53. The van der Waals surface area contributed by atoms with Gasteiger partial charge in [0.2, 0.25) is 0 Å². The second-order valence-electron chi connectivity index (χ2n) is 5.14. The van der Waals surface area contributed by atoms with Crippen LogP contribution in [0.4, 0.5) is 8.78 Å². The first-order valence-corrected chi connectivity index (χ1v) is 6.83. The number of ether oxygens (including phenoxy) is 1. The second-order valence-corrected chi connectivity index (χ2v) is 5.14. The van der Waals surface area contributed by atoms with E-state index in [1.165, 1.54) is 0 Å². The molecule has 1 saturated heterocycles. The highest BCUT2D eigenvalue weighted by Gasteiger charge is 2.35. The fourth-order valence-corrected chi connectivity index (χ4v) is 2.97. The summed E-state index contributed by atoms with van der Waals surface area (Å²) in [4.78, 5) is 0. The Labute approximate surface area is 113 Å². The predicted molar refractivity (Wildman–Crippen MR) is 71.0 cm³/mol. The summed E-state index contributed by atoms with van der Waals surface area (Å²) in [5.74, 6) is -1.29. The zero-order valence-corrected chi connectivity index (χ0v) is 11.7. The summed E-state index contributed by atoms with van der Waals surface area (Å²) in [7, 11) is 1.78. The molecule has 0 spiro atoms. The summed E-state index contributed by atoms with van der Waals surface area (Å²) in [6.45, 7) is 4.32. The third kappa shape index (κ3) is 2.65. The van der Waals surface area contributed by atoms with Crippen molar-refractivity contribution in [3.8, 4) is 0 Å². The molecule has 4 heteroatoms. The van der Waals surface area contributed by atoms with Gasteiger partial charge >= 0.3 is 0 Å². The Balaban J connectivity index is 2.34. The van der Waals surface area contributed by atoms with Gasteiger partial charge in [0.25, 0.3) is 0 Å². The lowest BCUT2D eigenvalue weighted by molar-refractivity contribution is 0.0778. The molecule has 1 fully saturated rings. The van der Waals surface area contributed by atoms with Crippen LogP contribution < -0.4 is 5.32 Å². The Morgan fingerprint density at radius 3 is 2.74 bits per heavy atom. The van der Waals surface area contributed by atoms with Gasteiger partial charge in [-0.3, -0.25) is 0 Å². The lowest BCUT2D eigenvalue weighted by Crippen LogP contribution is -2.31. The molecule has 0 aromatic heterocycles. The third-order valence-corrected chi connectivity index (χ3v) is 4.04. The second kappa shape index (κ2) is 5.97. The van der Waals surface area contributed by atoms with Crippen LogP contribution in [0.2, 0.25) is 0 Å². The van der Waals surface area contributed by atoms with Crippen molar-refractivity contribution < 1.29 is 13.5 Å². The highest BCUT2D eigenvalue weighted by atomic mass is 19.2. The summed E-state index contributed by atoms with van der Waals surface area (Å²) in [6.07, 6.45) is 1.87. The topological polar surface area (TPSA) is 21.3 Å². The molecule has 0 amide bonds. The lowest BCUT2D eigenvalue weighted by atomic mass is 9.86. The molecular formula is C15H21F2NO. The van der Waals surface area contributed by atoms with Crippen LogP contribution in [0.25, 0.3) is 0 Å². The van der Waals surface area contributed by atoms with Crippen molar-refractivity contribution in [2.45, 2.75) is 38.8 Å². The summed E-state index contributed by atoms with van der Waals surface area (Å²) < 4.78 is 33.5. The van der Waals surface area contributed by atoms with Crippen LogP contribution in [0.3, 0.4) is 0 Å². The molecule has 0 aliphatic carbocycles. The molecule has 0 bridgehead atoms. The van der Waals surface area contributed by atoms with E-state index in [0.717, 1.165) is 12.8 Å². The maximum Gasteiger partial charge on any atom is 0.163 e. The third-order valence-electron chi connectivity index (χ3n) is 4.04. The van der Waals surface area contributed by atoms with Crippen LogP contribution in [0, 0.1) is 24.5 Å². The van der Waals surface area contributed by atoms with E-state index in [2.05, 4.69) is 12.2 Å².